The van der Waals surface area contributed by atoms with Crippen LogP contribution in [0.3, 0.4) is 0 Å². The molecule has 168 valence electrons. The van der Waals surface area contributed by atoms with Gasteiger partial charge >= 0.3 is 0 Å². The molecular weight excluding hydrogens is 459 g/mol. The normalized spacial score (nSPS) is 16.0. The van der Waals surface area contributed by atoms with Crippen molar-refractivity contribution < 1.29 is 0 Å². The zero-order chi connectivity index (χ0) is 22.4. The van der Waals surface area contributed by atoms with Crippen LogP contribution in [0.5, 0.6) is 0 Å². The highest BCUT2D eigenvalue weighted by molar-refractivity contribution is 6.38. The van der Waals surface area contributed by atoms with E-state index in [1.54, 1.807) is 12.4 Å². The molecule has 3 aromatic heterocycles. The van der Waals surface area contributed by atoms with Gasteiger partial charge in [0.1, 0.15) is 5.82 Å². The molecule has 0 saturated carbocycles. The standard InChI is InChI=1S/C23H22Cl2N8/c24-16-12-26-13-17(25)20(16)31-8-10-32(11-9-31)23-27-21-19-18(29-30-21)6-7-33(22(19)28-23)14-15-4-2-1-3-5-15/h1-5,12-13H,6-11,14H2,(H,27,28,29,30). The number of benzene rings is 1. The van der Waals surface area contributed by atoms with Crippen LogP contribution in [0.4, 0.5) is 17.5 Å². The zero-order valence-corrected chi connectivity index (χ0v) is 19.4. The van der Waals surface area contributed by atoms with Crippen molar-refractivity contribution in [1.29, 1.82) is 0 Å². The number of piperazine rings is 1. The molecule has 0 unspecified atom stereocenters. The minimum Gasteiger partial charge on any atom is -0.365 e. The molecule has 5 heterocycles. The number of nitrogens with zero attached hydrogens (tertiary/aromatic N) is 7. The summed E-state index contributed by atoms with van der Waals surface area (Å²) in [6.45, 7) is 4.75. The summed E-state index contributed by atoms with van der Waals surface area (Å²) in [7, 11) is 0. The number of aromatic amines is 1. The fraction of sp³-hybridized carbons (Fsp3) is 0.304. The summed E-state index contributed by atoms with van der Waals surface area (Å²) in [6.07, 6.45) is 4.15. The molecule has 4 aromatic rings. The van der Waals surface area contributed by atoms with Gasteiger partial charge in [-0.1, -0.05) is 53.5 Å². The van der Waals surface area contributed by atoms with Crippen LogP contribution in [0.15, 0.2) is 42.7 Å². The Morgan fingerprint density at radius 1 is 0.879 bits per heavy atom. The van der Waals surface area contributed by atoms with Gasteiger partial charge in [0, 0.05) is 58.1 Å². The summed E-state index contributed by atoms with van der Waals surface area (Å²) < 4.78 is 0. The highest BCUT2D eigenvalue weighted by Crippen LogP contribution is 2.35. The molecule has 0 atom stereocenters. The first kappa shape index (κ1) is 20.5. The Hall–Kier alpha value is -3.10. The molecule has 0 aliphatic carbocycles. The minimum atomic E-state index is 0.569. The van der Waals surface area contributed by atoms with Crippen molar-refractivity contribution in [2.75, 3.05) is 47.4 Å². The van der Waals surface area contributed by atoms with Crippen LogP contribution in [-0.2, 0) is 13.0 Å². The van der Waals surface area contributed by atoms with Gasteiger partial charge in [0.25, 0.3) is 0 Å². The third-order valence-corrected chi connectivity index (χ3v) is 6.86. The summed E-state index contributed by atoms with van der Waals surface area (Å²) in [5.74, 6) is 1.68. The van der Waals surface area contributed by atoms with E-state index < -0.39 is 0 Å². The molecule has 0 amide bonds. The summed E-state index contributed by atoms with van der Waals surface area (Å²) in [5, 5.41) is 9.81. The predicted molar refractivity (Wildman–Crippen MR) is 132 cm³/mol. The van der Waals surface area contributed by atoms with Gasteiger partial charge < -0.3 is 14.7 Å². The first-order valence-corrected chi connectivity index (χ1v) is 11.8. The summed E-state index contributed by atoms with van der Waals surface area (Å²) in [5.41, 5.74) is 3.94. The van der Waals surface area contributed by atoms with Crippen molar-refractivity contribution >= 4 is 51.7 Å². The maximum atomic E-state index is 6.37. The molecule has 2 aliphatic heterocycles. The van der Waals surface area contributed by atoms with Crippen molar-refractivity contribution in [2.24, 2.45) is 0 Å². The van der Waals surface area contributed by atoms with Crippen LogP contribution in [0.25, 0.3) is 11.0 Å². The van der Waals surface area contributed by atoms with E-state index in [9.17, 15) is 0 Å². The molecule has 1 N–H and O–H groups in total. The number of hydrogen-bond donors (Lipinski definition) is 1. The molecule has 1 saturated heterocycles. The van der Waals surface area contributed by atoms with Crippen LogP contribution in [0, 0.1) is 0 Å². The molecule has 1 fully saturated rings. The summed E-state index contributed by atoms with van der Waals surface area (Å²) in [4.78, 5) is 20.7. The maximum Gasteiger partial charge on any atom is 0.229 e. The van der Waals surface area contributed by atoms with E-state index in [2.05, 4.69) is 54.1 Å². The molecule has 0 spiro atoms. The predicted octanol–water partition coefficient (Wildman–Crippen LogP) is 3.94. The van der Waals surface area contributed by atoms with Crippen molar-refractivity contribution in [3.63, 3.8) is 0 Å². The first-order valence-electron chi connectivity index (χ1n) is 11.0. The average molecular weight is 481 g/mol. The highest BCUT2D eigenvalue weighted by Gasteiger charge is 2.28. The second kappa shape index (κ2) is 8.35. The number of rotatable bonds is 4. The maximum absolute atomic E-state index is 6.37. The van der Waals surface area contributed by atoms with Gasteiger partial charge in [0.2, 0.25) is 5.95 Å². The van der Waals surface area contributed by atoms with E-state index in [0.29, 0.717) is 10.0 Å². The molecule has 33 heavy (non-hydrogen) atoms. The van der Waals surface area contributed by atoms with E-state index in [1.807, 2.05) is 6.07 Å². The Bertz CT molecular complexity index is 1280. The van der Waals surface area contributed by atoms with E-state index in [1.165, 1.54) is 5.56 Å². The summed E-state index contributed by atoms with van der Waals surface area (Å²) in [6, 6.07) is 10.5. The van der Waals surface area contributed by atoms with Crippen LogP contribution >= 0.6 is 23.2 Å². The van der Waals surface area contributed by atoms with E-state index >= 15 is 0 Å². The minimum absolute atomic E-state index is 0.569. The molecule has 10 heteroatoms. The molecular formula is C23H22Cl2N8. The third kappa shape index (κ3) is 3.73. The first-order chi connectivity index (χ1) is 16.2. The second-order valence-electron chi connectivity index (χ2n) is 8.32. The topological polar surface area (TPSA) is 77.1 Å². The monoisotopic (exact) mass is 480 g/mol. The lowest BCUT2D eigenvalue weighted by Gasteiger charge is -2.37. The molecule has 1 aromatic carbocycles. The van der Waals surface area contributed by atoms with E-state index in [0.717, 1.165) is 79.9 Å². The number of anilines is 3. The van der Waals surface area contributed by atoms with Gasteiger partial charge in [-0.2, -0.15) is 15.1 Å². The van der Waals surface area contributed by atoms with Gasteiger partial charge in [0.15, 0.2) is 5.65 Å². The quantitative estimate of drug-likeness (QED) is 0.473. The Morgan fingerprint density at radius 3 is 2.36 bits per heavy atom. The lowest BCUT2D eigenvalue weighted by Crippen LogP contribution is -2.47. The lowest BCUT2D eigenvalue weighted by atomic mass is 10.1. The number of pyridine rings is 1. The fourth-order valence-corrected chi connectivity index (χ4v) is 5.26. The number of aromatic nitrogens is 5. The van der Waals surface area contributed by atoms with Gasteiger partial charge in [-0.05, 0) is 5.56 Å². The number of H-pyrrole nitrogens is 1. The Morgan fingerprint density at radius 2 is 1.61 bits per heavy atom. The van der Waals surface area contributed by atoms with E-state index in [-0.39, 0.29) is 0 Å². The third-order valence-electron chi connectivity index (χ3n) is 6.30. The van der Waals surface area contributed by atoms with Gasteiger partial charge in [-0.25, -0.2) is 0 Å². The van der Waals surface area contributed by atoms with Crippen LogP contribution in [0.1, 0.15) is 11.3 Å². The number of hydrogen-bond acceptors (Lipinski definition) is 7. The van der Waals surface area contributed by atoms with Crippen molar-refractivity contribution in [3.05, 3.63) is 64.0 Å². The molecule has 0 radical (unpaired) electrons. The SMILES string of the molecule is Clc1cncc(Cl)c1N1CCN(c2nc3c4c(n[nH]c4n2)CCN3Cc2ccccc2)CC1. The number of nitrogens with one attached hydrogen (secondary N) is 1. The molecule has 0 bridgehead atoms. The largest absolute Gasteiger partial charge is 0.365 e. The van der Waals surface area contributed by atoms with Crippen molar-refractivity contribution in [3.8, 4) is 0 Å². The van der Waals surface area contributed by atoms with Crippen LogP contribution in [-0.4, -0.2) is 57.9 Å². The Labute approximate surface area is 201 Å². The van der Waals surface area contributed by atoms with Gasteiger partial charge in [-0.15, -0.1) is 0 Å². The molecule has 6 rings (SSSR count). The van der Waals surface area contributed by atoms with Crippen LogP contribution in [0.2, 0.25) is 10.0 Å². The second-order valence-corrected chi connectivity index (χ2v) is 9.14. The average Bonchev–Trinajstić information content (AvgIpc) is 3.26. The highest BCUT2D eigenvalue weighted by atomic mass is 35.5. The Balaban J connectivity index is 1.28. The fourth-order valence-electron chi connectivity index (χ4n) is 4.65. The molecule has 8 nitrogen and oxygen atoms in total. The smallest absolute Gasteiger partial charge is 0.229 e. The van der Waals surface area contributed by atoms with Crippen molar-refractivity contribution in [1.82, 2.24) is 25.1 Å². The van der Waals surface area contributed by atoms with Crippen molar-refractivity contribution in [2.45, 2.75) is 13.0 Å². The van der Waals surface area contributed by atoms with Gasteiger partial charge in [0.05, 0.1) is 26.8 Å². The lowest BCUT2D eigenvalue weighted by molar-refractivity contribution is 0.639. The zero-order valence-electron chi connectivity index (χ0n) is 17.9. The van der Waals surface area contributed by atoms with E-state index in [4.69, 9.17) is 33.2 Å². The summed E-state index contributed by atoms with van der Waals surface area (Å²) >= 11 is 12.7. The molecule has 2 aliphatic rings. The number of halogens is 2. The van der Waals surface area contributed by atoms with Crippen LogP contribution < -0.4 is 14.7 Å². The Kier molecular flexibility index (Phi) is 5.19. The van der Waals surface area contributed by atoms with Gasteiger partial charge in [-0.3, -0.25) is 10.1 Å².